The summed E-state index contributed by atoms with van der Waals surface area (Å²) in [6.07, 6.45) is -9.51. The monoisotopic (exact) mass is 564 g/mol. The first-order valence-electron chi connectivity index (χ1n) is 12.6. The van der Waals surface area contributed by atoms with Crippen LogP contribution in [0.1, 0.15) is 38.0 Å². The largest absolute Gasteiger partial charge is 0.507 e. The molecule has 0 saturated carbocycles. The van der Waals surface area contributed by atoms with Gasteiger partial charge in [-0.05, 0) is 12.1 Å². The number of benzene rings is 2. The van der Waals surface area contributed by atoms with E-state index in [0.29, 0.717) is 5.56 Å². The van der Waals surface area contributed by atoms with Crippen molar-refractivity contribution in [3.63, 3.8) is 0 Å². The van der Waals surface area contributed by atoms with Crippen LogP contribution in [0.15, 0.2) is 30.3 Å². The van der Waals surface area contributed by atoms with Gasteiger partial charge in [-0.1, -0.05) is 19.9 Å². The number of aromatic hydroxyl groups is 3. The minimum absolute atomic E-state index is 0.0318. The van der Waals surface area contributed by atoms with Crippen LogP contribution in [0.25, 0.3) is 0 Å². The third-order valence-corrected chi connectivity index (χ3v) is 6.58. The molecular weight excluding hydrogens is 532 g/mol. The summed E-state index contributed by atoms with van der Waals surface area (Å²) in [6, 6.07) is 6.58. The van der Waals surface area contributed by atoms with Gasteiger partial charge in [0.2, 0.25) is 6.29 Å². The zero-order chi connectivity index (χ0) is 29.3. The van der Waals surface area contributed by atoms with Crippen molar-refractivity contribution in [2.24, 2.45) is 5.92 Å². The van der Waals surface area contributed by atoms with E-state index >= 15 is 0 Å². The van der Waals surface area contributed by atoms with Crippen molar-refractivity contribution in [1.29, 1.82) is 0 Å². The molecule has 1 saturated heterocycles. The number of hydrogen-bond donors (Lipinski definition) is 6. The summed E-state index contributed by atoms with van der Waals surface area (Å²) in [4.78, 5) is 23.6. The van der Waals surface area contributed by atoms with Crippen LogP contribution in [-0.2, 0) is 30.2 Å². The quantitative estimate of drug-likeness (QED) is 0.204. The van der Waals surface area contributed by atoms with Gasteiger partial charge < -0.3 is 54.3 Å². The summed E-state index contributed by atoms with van der Waals surface area (Å²) in [6.45, 7) is 4.06. The topological polar surface area (TPSA) is 202 Å². The Labute approximate surface area is 229 Å². The van der Waals surface area contributed by atoms with Crippen molar-refractivity contribution in [1.82, 2.24) is 0 Å². The Morgan fingerprint density at radius 3 is 2.35 bits per heavy atom. The lowest BCUT2D eigenvalue weighted by Crippen LogP contribution is -2.60. The predicted octanol–water partition coefficient (Wildman–Crippen LogP) is 0.797. The molecule has 1 fully saturated rings. The summed E-state index contributed by atoms with van der Waals surface area (Å²) >= 11 is 0. The third kappa shape index (κ3) is 6.17. The highest BCUT2D eigenvalue weighted by Crippen LogP contribution is 2.44. The molecule has 13 nitrogen and oxygen atoms in total. The third-order valence-electron chi connectivity index (χ3n) is 6.58. The van der Waals surface area contributed by atoms with E-state index in [1.807, 2.05) is 0 Å². The molecule has 0 bridgehead atoms. The van der Waals surface area contributed by atoms with Gasteiger partial charge in [-0.3, -0.25) is 9.59 Å². The molecule has 218 valence electrons. The number of carbonyl (C=O) groups is 2. The SMILES string of the molecule is CC(=O)O[C@@H]1Cc2c(O)cc(O[C@@H]3O[C@H](COC(=O)C(C)C)[C@@H](O)[C@H](O)[C@H]3O)cc2O[C@@H]1c1ccc(O)c(O)c1. The molecule has 2 aromatic carbocycles. The first-order valence-corrected chi connectivity index (χ1v) is 12.6. The number of aliphatic hydroxyl groups is 3. The molecule has 40 heavy (non-hydrogen) atoms. The number of phenols is 3. The van der Waals surface area contributed by atoms with Crippen LogP contribution in [0.2, 0.25) is 0 Å². The van der Waals surface area contributed by atoms with Crippen LogP contribution < -0.4 is 9.47 Å². The van der Waals surface area contributed by atoms with Gasteiger partial charge in [0.1, 0.15) is 54.4 Å². The number of rotatable bonds is 7. The molecule has 0 aromatic heterocycles. The fraction of sp³-hybridized carbons (Fsp3) is 0.481. The number of phenolic OH excluding ortho intramolecular Hbond substituents is 3. The Bertz CT molecular complexity index is 1250. The summed E-state index contributed by atoms with van der Waals surface area (Å²) in [7, 11) is 0. The lowest BCUT2D eigenvalue weighted by Gasteiger charge is -2.40. The summed E-state index contributed by atoms with van der Waals surface area (Å²) < 4.78 is 27.8. The van der Waals surface area contributed by atoms with E-state index in [-0.39, 0.29) is 35.0 Å². The van der Waals surface area contributed by atoms with E-state index < -0.39 is 73.1 Å². The fourth-order valence-electron chi connectivity index (χ4n) is 4.44. The molecule has 2 aliphatic heterocycles. The second kappa shape index (κ2) is 11.8. The van der Waals surface area contributed by atoms with E-state index in [1.165, 1.54) is 37.3 Å². The molecule has 2 aliphatic rings. The van der Waals surface area contributed by atoms with E-state index in [1.54, 1.807) is 13.8 Å². The van der Waals surface area contributed by atoms with Crippen LogP contribution in [0.5, 0.6) is 28.7 Å². The Balaban J connectivity index is 1.58. The average molecular weight is 565 g/mol. The maximum atomic E-state index is 11.8. The molecular formula is C27H32O13. The molecule has 13 heteroatoms. The van der Waals surface area contributed by atoms with Gasteiger partial charge in [0, 0.05) is 36.6 Å². The van der Waals surface area contributed by atoms with Crippen LogP contribution in [-0.4, -0.2) is 86.0 Å². The molecule has 2 aromatic rings. The summed E-state index contributed by atoms with van der Waals surface area (Å²) in [5, 5.41) is 61.5. The molecule has 0 amide bonds. The molecule has 2 heterocycles. The highest BCUT2D eigenvalue weighted by atomic mass is 16.7. The number of aliphatic hydroxyl groups excluding tert-OH is 3. The van der Waals surface area contributed by atoms with E-state index in [2.05, 4.69) is 0 Å². The second-order valence-electron chi connectivity index (χ2n) is 9.97. The van der Waals surface area contributed by atoms with Gasteiger partial charge in [0.25, 0.3) is 0 Å². The maximum Gasteiger partial charge on any atom is 0.308 e. The standard InChI is InChI=1S/C27H32O13/c1-11(2)26(35)36-10-21-22(32)23(33)24(34)27(40-21)38-14-7-17(30)15-9-20(37-12(3)28)25(39-19(15)8-14)13-4-5-16(29)18(31)6-13/h4-8,11,20-25,27,29-34H,9-10H2,1-3H3/t20-,21-,22-,23+,24-,25-,27-/m1/s1. The molecule has 0 spiro atoms. The van der Waals surface area contributed by atoms with Crippen LogP contribution in [0.3, 0.4) is 0 Å². The zero-order valence-corrected chi connectivity index (χ0v) is 22.0. The highest BCUT2D eigenvalue weighted by molar-refractivity contribution is 5.71. The Hall–Kier alpha value is -3.78. The number of ether oxygens (including phenoxy) is 5. The van der Waals surface area contributed by atoms with Crippen LogP contribution in [0, 0.1) is 5.92 Å². The molecule has 0 unspecified atom stereocenters. The molecule has 4 rings (SSSR count). The molecule has 6 N–H and O–H groups in total. The normalized spacial score (nSPS) is 27.8. The Kier molecular flexibility index (Phi) is 8.59. The minimum atomic E-state index is -1.70. The van der Waals surface area contributed by atoms with E-state index in [4.69, 9.17) is 23.7 Å². The van der Waals surface area contributed by atoms with Crippen molar-refractivity contribution in [2.75, 3.05) is 6.61 Å². The van der Waals surface area contributed by atoms with Gasteiger partial charge in [-0.25, -0.2) is 0 Å². The van der Waals surface area contributed by atoms with Crippen LogP contribution in [0.4, 0.5) is 0 Å². The number of fused-ring (bicyclic) bond motifs is 1. The van der Waals surface area contributed by atoms with Gasteiger partial charge in [0.05, 0.1) is 5.92 Å². The minimum Gasteiger partial charge on any atom is -0.507 e. The highest BCUT2D eigenvalue weighted by Gasteiger charge is 2.46. The Morgan fingerprint density at radius 1 is 0.975 bits per heavy atom. The van der Waals surface area contributed by atoms with Crippen molar-refractivity contribution >= 4 is 11.9 Å². The van der Waals surface area contributed by atoms with Gasteiger partial charge in [0.15, 0.2) is 17.6 Å². The lowest BCUT2D eigenvalue weighted by atomic mass is 9.93. The van der Waals surface area contributed by atoms with Crippen LogP contribution >= 0.6 is 0 Å². The fourth-order valence-corrected chi connectivity index (χ4v) is 4.44. The maximum absolute atomic E-state index is 11.8. The first kappa shape index (κ1) is 29.2. The van der Waals surface area contributed by atoms with E-state index in [0.717, 1.165) is 0 Å². The molecule has 7 atom stereocenters. The van der Waals surface area contributed by atoms with Crippen molar-refractivity contribution in [3.05, 3.63) is 41.5 Å². The summed E-state index contributed by atoms with van der Waals surface area (Å²) in [5.74, 6) is -2.54. The zero-order valence-electron chi connectivity index (χ0n) is 22.0. The molecule has 0 aliphatic carbocycles. The van der Waals surface area contributed by atoms with Crippen molar-refractivity contribution in [2.45, 2.75) is 70.1 Å². The van der Waals surface area contributed by atoms with Gasteiger partial charge >= 0.3 is 11.9 Å². The Morgan fingerprint density at radius 2 is 1.70 bits per heavy atom. The van der Waals surface area contributed by atoms with Crippen molar-refractivity contribution < 1.29 is 63.9 Å². The number of hydrogen-bond acceptors (Lipinski definition) is 13. The molecule has 0 radical (unpaired) electrons. The van der Waals surface area contributed by atoms with Gasteiger partial charge in [-0.2, -0.15) is 0 Å². The van der Waals surface area contributed by atoms with Crippen molar-refractivity contribution in [3.8, 4) is 28.7 Å². The summed E-state index contributed by atoms with van der Waals surface area (Å²) in [5.41, 5.74) is 0.664. The smallest absolute Gasteiger partial charge is 0.308 e. The number of carbonyl (C=O) groups excluding carboxylic acids is 2. The van der Waals surface area contributed by atoms with E-state index in [9.17, 15) is 40.2 Å². The lowest BCUT2D eigenvalue weighted by molar-refractivity contribution is -0.278. The predicted molar refractivity (Wildman–Crippen MR) is 134 cm³/mol. The first-order chi connectivity index (χ1) is 18.8. The second-order valence-corrected chi connectivity index (χ2v) is 9.97. The van der Waals surface area contributed by atoms with Gasteiger partial charge in [-0.15, -0.1) is 0 Å². The average Bonchev–Trinajstić information content (AvgIpc) is 2.89. The number of esters is 2.